The van der Waals surface area contributed by atoms with Crippen LogP contribution in [0.1, 0.15) is 92.4 Å². The molecule has 0 amide bonds. The number of nitrogens with one attached hydrogen (secondary N) is 1. The van der Waals surface area contributed by atoms with E-state index in [-0.39, 0.29) is 0 Å². The Morgan fingerprint density at radius 1 is 0.889 bits per heavy atom. The molecule has 8 unspecified atom stereocenters. The van der Waals surface area contributed by atoms with Crippen LogP contribution in [0.4, 0.5) is 0 Å². The Morgan fingerprint density at radius 3 is 1.85 bits per heavy atom. The quantitative estimate of drug-likeness (QED) is 0.469. The van der Waals surface area contributed by atoms with Crippen LogP contribution in [0, 0.1) is 41.4 Å². The van der Waals surface area contributed by atoms with E-state index in [1.54, 1.807) is 6.92 Å². The van der Waals surface area contributed by atoms with Gasteiger partial charge in [0, 0.05) is 18.2 Å². The van der Waals surface area contributed by atoms with Crippen LogP contribution in [-0.4, -0.2) is 17.5 Å². The van der Waals surface area contributed by atoms with Crippen LogP contribution in [-0.2, 0) is 4.79 Å². The number of hydrogen-bond donors (Lipinski definition) is 1. The summed E-state index contributed by atoms with van der Waals surface area (Å²) in [7, 11) is 0. The summed E-state index contributed by atoms with van der Waals surface area (Å²) in [6.45, 7) is 10.4. The molecule has 0 radical (unpaired) electrons. The standard InChI is InChI=1S/C12H22N2.C12H20O/c1-8(2)13-14-9(3)12-7-10-4-5-11(12)6-10;1-8(5-9(2)13)12-7-10-3-4-11(12)6-10/h9-12,14H,4-7H2,1-3H3;8,10-12H,3-7H2,1-2H3. The highest BCUT2D eigenvalue weighted by Crippen LogP contribution is 2.51. The van der Waals surface area contributed by atoms with Gasteiger partial charge in [-0.25, -0.2) is 0 Å². The van der Waals surface area contributed by atoms with Crippen molar-refractivity contribution in [3.63, 3.8) is 0 Å². The van der Waals surface area contributed by atoms with Gasteiger partial charge in [0.15, 0.2) is 0 Å². The van der Waals surface area contributed by atoms with E-state index < -0.39 is 0 Å². The molecule has 0 aromatic rings. The molecule has 0 aromatic carbocycles. The lowest BCUT2D eigenvalue weighted by atomic mass is 9.78. The van der Waals surface area contributed by atoms with E-state index >= 15 is 0 Å². The molecule has 3 nitrogen and oxygen atoms in total. The Kier molecular flexibility index (Phi) is 7.03. The molecule has 8 atom stereocenters. The minimum atomic E-state index is 0.371. The first kappa shape index (κ1) is 20.9. The predicted octanol–water partition coefficient (Wildman–Crippen LogP) is 5.83. The Balaban J connectivity index is 0.000000156. The zero-order chi connectivity index (χ0) is 19.6. The van der Waals surface area contributed by atoms with Crippen molar-refractivity contribution in [2.45, 2.75) is 98.4 Å². The van der Waals surface area contributed by atoms with Crippen LogP contribution in [0.15, 0.2) is 5.10 Å². The predicted molar refractivity (Wildman–Crippen MR) is 114 cm³/mol. The van der Waals surface area contributed by atoms with Crippen molar-refractivity contribution in [1.29, 1.82) is 0 Å². The lowest BCUT2D eigenvalue weighted by Crippen LogP contribution is -2.33. The SMILES string of the molecule is CC(=O)CC(C)C1CC2CCC1C2.CC(C)=NNC(C)C1CC2CCC1C2. The van der Waals surface area contributed by atoms with Crippen LogP contribution < -0.4 is 5.43 Å². The summed E-state index contributed by atoms with van der Waals surface area (Å²) < 4.78 is 0. The molecule has 4 rings (SSSR count). The van der Waals surface area contributed by atoms with Crippen molar-refractivity contribution in [3.8, 4) is 0 Å². The molecule has 0 saturated heterocycles. The lowest BCUT2D eigenvalue weighted by Gasteiger charge is -2.27. The van der Waals surface area contributed by atoms with Crippen LogP contribution in [0.25, 0.3) is 0 Å². The second kappa shape index (κ2) is 9.09. The number of rotatable bonds is 6. The molecule has 4 aliphatic rings. The van der Waals surface area contributed by atoms with Gasteiger partial charge in [-0.15, -0.1) is 0 Å². The lowest BCUT2D eigenvalue weighted by molar-refractivity contribution is -0.118. The fourth-order valence-corrected chi connectivity index (χ4v) is 6.83. The molecule has 154 valence electrons. The van der Waals surface area contributed by atoms with Gasteiger partial charge in [-0.2, -0.15) is 5.10 Å². The highest BCUT2D eigenvalue weighted by atomic mass is 16.1. The molecule has 0 aliphatic heterocycles. The van der Waals surface area contributed by atoms with Gasteiger partial charge in [-0.3, -0.25) is 0 Å². The zero-order valence-electron chi connectivity index (χ0n) is 18.3. The van der Waals surface area contributed by atoms with Gasteiger partial charge in [-0.05, 0) is 108 Å². The number of carbonyl (C=O) groups is 1. The molecule has 4 bridgehead atoms. The van der Waals surface area contributed by atoms with Crippen molar-refractivity contribution in [3.05, 3.63) is 0 Å². The largest absolute Gasteiger partial charge is 0.307 e. The number of hydrogen-bond acceptors (Lipinski definition) is 3. The van der Waals surface area contributed by atoms with Gasteiger partial charge >= 0.3 is 0 Å². The fraction of sp³-hybridized carbons (Fsp3) is 0.917. The maximum Gasteiger partial charge on any atom is 0.130 e. The molecule has 27 heavy (non-hydrogen) atoms. The van der Waals surface area contributed by atoms with Crippen LogP contribution in [0.5, 0.6) is 0 Å². The second-order valence-corrected chi connectivity index (χ2v) is 10.5. The average Bonchev–Trinajstić information content (AvgIpc) is 3.39. The van der Waals surface area contributed by atoms with Gasteiger partial charge in [0.2, 0.25) is 0 Å². The van der Waals surface area contributed by atoms with Crippen LogP contribution >= 0.6 is 0 Å². The molecular formula is C24H42N2O. The minimum absolute atomic E-state index is 0.371. The number of carbonyl (C=O) groups excluding carboxylic acids is 1. The summed E-state index contributed by atoms with van der Waals surface area (Å²) in [6, 6.07) is 0.570. The summed E-state index contributed by atoms with van der Waals surface area (Å²) in [5, 5.41) is 4.32. The number of hydrazone groups is 1. The molecule has 1 N–H and O–H groups in total. The summed E-state index contributed by atoms with van der Waals surface area (Å²) >= 11 is 0. The smallest absolute Gasteiger partial charge is 0.130 e. The third-order valence-corrected chi connectivity index (χ3v) is 8.06. The highest BCUT2D eigenvalue weighted by Gasteiger charge is 2.42. The van der Waals surface area contributed by atoms with Gasteiger partial charge in [0.05, 0.1) is 0 Å². The van der Waals surface area contributed by atoms with E-state index in [4.69, 9.17) is 0 Å². The molecule has 4 aliphatic carbocycles. The van der Waals surface area contributed by atoms with E-state index in [2.05, 4.69) is 24.4 Å². The zero-order valence-corrected chi connectivity index (χ0v) is 18.3. The fourth-order valence-electron chi connectivity index (χ4n) is 6.83. The normalized spacial score (nSPS) is 38.1. The van der Waals surface area contributed by atoms with E-state index in [1.165, 1.54) is 51.4 Å². The topological polar surface area (TPSA) is 41.5 Å². The Labute approximate surface area is 167 Å². The monoisotopic (exact) mass is 374 g/mol. The van der Waals surface area contributed by atoms with Gasteiger partial charge in [-0.1, -0.05) is 19.8 Å². The van der Waals surface area contributed by atoms with E-state index in [0.717, 1.165) is 47.6 Å². The molecule has 3 heteroatoms. The first-order chi connectivity index (χ1) is 12.8. The van der Waals surface area contributed by atoms with Crippen LogP contribution in [0.3, 0.4) is 0 Å². The first-order valence-electron chi connectivity index (χ1n) is 11.6. The maximum atomic E-state index is 11.0. The average molecular weight is 375 g/mol. The number of ketones is 1. The molecule has 0 aromatic heterocycles. The molecule has 0 spiro atoms. The molecular weight excluding hydrogens is 332 g/mol. The van der Waals surface area contributed by atoms with E-state index in [9.17, 15) is 4.79 Å². The van der Waals surface area contributed by atoms with Gasteiger partial charge in [0.25, 0.3) is 0 Å². The van der Waals surface area contributed by atoms with E-state index in [0.29, 0.717) is 17.7 Å². The van der Waals surface area contributed by atoms with Crippen molar-refractivity contribution in [1.82, 2.24) is 5.43 Å². The summed E-state index contributed by atoms with van der Waals surface area (Å²) in [4.78, 5) is 11.0. The Morgan fingerprint density at radius 2 is 1.44 bits per heavy atom. The molecule has 4 saturated carbocycles. The van der Waals surface area contributed by atoms with Crippen molar-refractivity contribution in [2.24, 2.45) is 46.5 Å². The van der Waals surface area contributed by atoms with Crippen molar-refractivity contribution < 1.29 is 4.79 Å². The third-order valence-electron chi connectivity index (χ3n) is 8.06. The van der Waals surface area contributed by atoms with Crippen molar-refractivity contribution in [2.75, 3.05) is 0 Å². The minimum Gasteiger partial charge on any atom is -0.307 e. The maximum absolute atomic E-state index is 11.0. The summed E-state index contributed by atoms with van der Waals surface area (Å²) in [6.07, 6.45) is 12.5. The number of fused-ring (bicyclic) bond motifs is 4. The summed E-state index contributed by atoms with van der Waals surface area (Å²) in [5.74, 6) is 6.81. The second-order valence-electron chi connectivity index (χ2n) is 10.5. The van der Waals surface area contributed by atoms with Gasteiger partial charge < -0.3 is 10.2 Å². The molecule has 0 heterocycles. The number of nitrogens with zero attached hydrogens (tertiary/aromatic N) is 1. The first-order valence-corrected chi connectivity index (χ1v) is 11.6. The van der Waals surface area contributed by atoms with Crippen LogP contribution in [0.2, 0.25) is 0 Å². The van der Waals surface area contributed by atoms with Gasteiger partial charge in [0.1, 0.15) is 5.78 Å². The third kappa shape index (κ3) is 5.35. The highest BCUT2D eigenvalue weighted by molar-refractivity contribution is 5.78. The Hall–Kier alpha value is -0.860. The number of Topliss-reactive ketones (excluding diaryl/α,β-unsaturated/α-hetero) is 1. The summed E-state index contributed by atoms with van der Waals surface area (Å²) in [5.41, 5.74) is 4.42. The van der Waals surface area contributed by atoms with E-state index in [1.807, 2.05) is 13.8 Å². The van der Waals surface area contributed by atoms with Crippen molar-refractivity contribution >= 4 is 11.5 Å². The Bertz CT molecular complexity index is 538. The molecule has 4 fully saturated rings.